The number of imidazole rings is 1. The molecule has 0 spiro atoms. The third kappa shape index (κ3) is 3.05. The Morgan fingerprint density at radius 1 is 1.35 bits per heavy atom. The molecule has 7 heteroatoms. The first-order chi connectivity index (χ1) is 12.7. The molecule has 4 aromatic rings. The minimum atomic E-state index is 0.594. The predicted octanol–water partition coefficient (Wildman–Crippen LogP) is 4.86. The van der Waals surface area contributed by atoms with Gasteiger partial charge in [0, 0.05) is 23.0 Å². The van der Waals surface area contributed by atoms with Gasteiger partial charge >= 0.3 is 0 Å². The van der Waals surface area contributed by atoms with Crippen molar-refractivity contribution in [2.45, 2.75) is 37.2 Å². The summed E-state index contributed by atoms with van der Waals surface area (Å²) in [6.45, 7) is 2.32. The molecular formula is C19H18N4OS2. The molecule has 4 heterocycles. The molecule has 5 nitrogen and oxygen atoms in total. The van der Waals surface area contributed by atoms with E-state index >= 15 is 0 Å². The normalized spacial score (nSPS) is 16.9. The van der Waals surface area contributed by atoms with Gasteiger partial charge < -0.3 is 8.82 Å². The maximum absolute atomic E-state index is 5.89. The average molecular weight is 383 g/mol. The lowest BCUT2D eigenvalue weighted by Crippen LogP contribution is -2.07. The summed E-state index contributed by atoms with van der Waals surface area (Å²) in [4.78, 5) is 7.17. The number of thiophene rings is 1. The van der Waals surface area contributed by atoms with Crippen LogP contribution in [0.15, 0.2) is 46.3 Å². The van der Waals surface area contributed by atoms with Crippen LogP contribution >= 0.6 is 23.1 Å². The number of thioether (sulfide) groups is 1. The van der Waals surface area contributed by atoms with Crippen LogP contribution in [-0.2, 0) is 18.6 Å². The molecule has 0 N–H and O–H groups in total. The molecule has 0 unspecified atom stereocenters. The van der Waals surface area contributed by atoms with Crippen LogP contribution in [0, 0.1) is 5.92 Å². The number of aryl methyl sites for hydroxylation is 1. The van der Waals surface area contributed by atoms with E-state index in [0.717, 1.165) is 28.6 Å². The molecule has 0 bridgehead atoms. The zero-order chi connectivity index (χ0) is 17.5. The maximum atomic E-state index is 5.89. The lowest BCUT2D eigenvalue weighted by Gasteiger charge is -2.16. The van der Waals surface area contributed by atoms with Crippen molar-refractivity contribution in [3.05, 3.63) is 52.8 Å². The molecule has 132 valence electrons. The molecule has 26 heavy (non-hydrogen) atoms. The summed E-state index contributed by atoms with van der Waals surface area (Å²) in [7, 11) is 0. The van der Waals surface area contributed by atoms with Crippen molar-refractivity contribution < 1.29 is 4.42 Å². The summed E-state index contributed by atoms with van der Waals surface area (Å²) in [6, 6.07) is 8.22. The highest BCUT2D eigenvalue weighted by molar-refractivity contribution is 7.98. The van der Waals surface area contributed by atoms with E-state index in [1.54, 1.807) is 11.3 Å². The van der Waals surface area contributed by atoms with Crippen LogP contribution < -0.4 is 0 Å². The Morgan fingerprint density at radius 2 is 2.31 bits per heavy atom. The molecule has 0 amide bonds. The Hall–Kier alpha value is -2.12. The van der Waals surface area contributed by atoms with Gasteiger partial charge in [-0.25, -0.2) is 4.98 Å². The third-order valence-electron chi connectivity index (χ3n) is 4.70. The van der Waals surface area contributed by atoms with E-state index in [4.69, 9.17) is 4.42 Å². The Kier molecular flexibility index (Phi) is 4.05. The van der Waals surface area contributed by atoms with Gasteiger partial charge in [0.15, 0.2) is 0 Å². The number of fused-ring (bicyclic) bond motifs is 2. The molecule has 4 aromatic heterocycles. The molecule has 1 atom stereocenters. The van der Waals surface area contributed by atoms with E-state index in [1.807, 2.05) is 35.0 Å². The second-order valence-electron chi connectivity index (χ2n) is 6.77. The highest BCUT2D eigenvalue weighted by Crippen LogP contribution is 2.37. The number of aromatic nitrogens is 4. The Morgan fingerprint density at radius 3 is 3.23 bits per heavy atom. The first-order valence-electron chi connectivity index (χ1n) is 8.75. The van der Waals surface area contributed by atoms with Crippen molar-refractivity contribution in [3.63, 3.8) is 0 Å². The van der Waals surface area contributed by atoms with Crippen molar-refractivity contribution in [3.8, 4) is 10.8 Å². The Balaban J connectivity index is 1.31. The van der Waals surface area contributed by atoms with Gasteiger partial charge in [0.25, 0.3) is 11.1 Å². The van der Waals surface area contributed by atoms with E-state index < -0.39 is 0 Å². The van der Waals surface area contributed by atoms with Crippen LogP contribution in [0.1, 0.15) is 29.5 Å². The second kappa shape index (κ2) is 6.55. The van der Waals surface area contributed by atoms with Gasteiger partial charge in [-0.1, -0.05) is 24.8 Å². The van der Waals surface area contributed by atoms with Gasteiger partial charge in [0.05, 0.1) is 10.6 Å². The summed E-state index contributed by atoms with van der Waals surface area (Å²) in [5.74, 6) is 2.11. The van der Waals surface area contributed by atoms with Crippen molar-refractivity contribution in [2.24, 2.45) is 5.92 Å². The summed E-state index contributed by atoms with van der Waals surface area (Å²) in [5, 5.41) is 9.05. The zero-order valence-corrected chi connectivity index (χ0v) is 16.0. The number of hydrogen-bond donors (Lipinski definition) is 0. The molecule has 0 aromatic carbocycles. The van der Waals surface area contributed by atoms with Crippen LogP contribution in [0.3, 0.4) is 0 Å². The fourth-order valence-electron chi connectivity index (χ4n) is 3.37. The predicted molar refractivity (Wildman–Crippen MR) is 104 cm³/mol. The van der Waals surface area contributed by atoms with Crippen LogP contribution in [0.25, 0.3) is 16.4 Å². The number of nitrogens with zero attached hydrogens (tertiary/aromatic N) is 4. The second-order valence-corrected chi connectivity index (χ2v) is 8.83. The van der Waals surface area contributed by atoms with Crippen LogP contribution in [-0.4, -0.2) is 19.6 Å². The topological polar surface area (TPSA) is 56.2 Å². The van der Waals surface area contributed by atoms with Crippen molar-refractivity contribution >= 4 is 28.7 Å². The number of pyridine rings is 1. The van der Waals surface area contributed by atoms with E-state index in [1.165, 1.54) is 35.0 Å². The smallest absolute Gasteiger partial charge is 0.277 e. The van der Waals surface area contributed by atoms with Crippen LogP contribution in [0.5, 0.6) is 0 Å². The zero-order valence-electron chi connectivity index (χ0n) is 14.4. The van der Waals surface area contributed by atoms with Crippen molar-refractivity contribution in [1.29, 1.82) is 0 Å². The molecule has 0 saturated heterocycles. The fourth-order valence-corrected chi connectivity index (χ4v) is 5.15. The number of rotatable bonds is 4. The van der Waals surface area contributed by atoms with Crippen LogP contribution in [0.4, 0.5) is 0 Å². The lowest BCUT2D eigenvalue weighted by molar-refractivity contribution is 0.466. The SMILES string of the molecule is C[C@@H]1CCc2sc(-c3nnc(SCc4cn5ccccc5n4)o3)cc2C1. The van der Waals surface area contributed by atoms with Gasteiger partial charge in [-0.3, -0.25) is 0 Å². The molecule has 1 aliphatic carbocycles. The van der Waals surface area contributed by atoms with Gasteiger partial charge in [0.1, 0.15) is 5.65 Å². The molecule has 0 aliphatic heterocycles. The monoisotopic (exact) mass is 382 g/mol. The van der Waals surface area contributed by atoms with E-state index in [-0.39, 0.29) is 0 Å². The van der Waals surface area contributed by atoms with Crippen molar-refractivity contribution in [1.82, 2.24) is 19.6 Å². The standard InChI is InChI=1S/C19H18N4OS2/c1-12-5-6-15-13(8-12)9-16(26-15)18-21-22-19(24-18)25-11-14-10-23-7-3-2-4-17(23)20-14/h2-4,7,9-10,12H,5-6,8,11H2,1H3/t12-/m1/s1. The highest BCUT2D eigenvalue weighted by atomic mass is 32.2. The van der Waals surface area contributed by atoms with Crippen LogP contribution in [0.2, 0.25) is 0 Å². The molecule has 1 aliphatic rings. The van der Waals surface area contributed by atoms with Gasteiger partial charge in [-0.2, -0.15) is 0 Å². The van der Waals surface area contributed by atoms with E-state index in [0.29, 0.717) is 16.9 Å². The lowest BCUT2D eigenvalue weighted by atomic mass is 9.90. The van der Waals surface area contributed by atoms with Crippen molar-refractivity contribution in [2.75, 3.05) is 0 Å². The number of hydrogen-bond acceptors (Lipinski definition) is 6. The summed E-state index contributed by atoms with van der Waals surface area (Å²) in [6.07, 6.45) is 7.64. The highest BCUT2D eigenvalue weighted by Gasteiger charge is 2.21. The molecule has 0 fully saturated rings. The van der Waals surface area contributed by atoms with E-state index in [2.05, 4.69) is 28.2 Å². The summed E-state index contributed by atoms with van der Waals surface area (Å²) < 4.78 is 7.91. The largest absolute Gasteiger partial charge is 0.410 e. The minimum Gasteiger partial charge on any atom is -0.410 e. The molecule has 5 rings (SSSR count). The summed E-state index contributed by atoms with van der Waals surface area (Å²) >= 11 is 3.33. The molecule has 0 radical (unpaired) electrons. The molecule has 0 saturated carbocycles. The minimum absolute atomic E-state index is 0.594. The van der Waals surface area contributed by atoms with E-state index in [9.17, 15) is 0 Å². The van der Waals surface area contributed by atoms with Gasteiger partial charge in [-0.05, 0) is 48.9 Å². The first kappa shape index (κ1) is 16.1. The maximum Gasteiger partial charge on any atom is 0.277 e. The summed E-state index contributed by atoms with van der Waals surface area (Å²) in [5.41, 5.74) is 3.41. The van der Waals surface area contributed by atoms with Gasteiger partial charge in [-0.15, -0.1) is 21.5 Å². The Labute approximate surface area is 159 Å². The fraction of sp³-hybridized carbons (Fsp3) is 0.316. The first-order valence-corrected chi connectivity index (χ1v) is 10.6. The molecular weight excluding hydrogens is 364 g/mol. The third-order valence-corrected chi connectivity index (χ3v) is 6.78. The Bertz CT molecular complexity index is 1030. The van der Waals surface area contributed by atoms with Gasteiger partial charge in [0.2, 0.25) is 0 Å². The average Bonchev–Trinajstić information content (AvgIpc) is 3.36. The quantitative estimate of drug-likeness (QED) is 0.472.